The monoisotopic (exact) mass is 255 g/mol. The van der Waals surface area contributed by atoms with Crippen molar-refractivity contribution in [2.45, 2.75) is 0 Å². The van der Waals surface area contributed by atoms with Gasteiger partial charge in [0.25, 0.3) is 5.91 Å². The summed E-state index contributed by atoms with van der Waals surface area (Å²) in [5, 5.41) is 0. The van der Waals surface area contributed by atoms with Crippen LogP contribution in [0.3, 0.4) is 0 Å². The van der Waals surface area contributed by atoms with Gasteiger partial charge in [0.1, 0.15) is 13.1 Å². The van der Waals surface area contributed by atoms with Crippen LogP contribution in [0.1, 0.15) is 10.6 Å². The number of rotatable bonds is 5. The third-order valence-corrected chi connectivity index (χ3v) is 2.11. The molecule has 1 heterocycles. The highest BCUT2D eigenvalue weighted by molar-refractivity contribution is 5.95. The van der Waals surface area contributed by atoms with E-state index in [1.54, 1.807) is 0 Å². The third kappa shape index (κ3) is 3.62. The van der Waals surface area contributed by atoms with Crippen molar-refractivity contribution in [1.82, 2.24) is 4.90 Å². The minimum absolute atomic E-state index is 0.0304. The molecule has 0 aromatic carbocycles. The highest BCUT2D eigenvalue weighted by Crippen LogP contribution is 2.06. The maximum Gasteiger partial charge on any atom is 0.325 e. The Morgan fingerprint density at radius 1 is 1.17 bits per heavy atom. The molecule has 1 amide bonds. The number of carbonyl (C=O) groups is 3. The van der Waals surface area contributed by atoms with E-state index in [1.165, 1.54) is 32.6 Å². The van der Waals surface area contributed by atoms with E-state index in [0.29, 0.717) is 0 Å². The van der Waals surface area contributed by atoms with Gasteiger partial charge in [-0.25, -0.2) is 0 Å². The Kier molecular flexibility index (Phi) is 4.91. The topological polar surface area (TPSA) is 86.0 Å². The maximum absolute atomic E-state index is 11.9. The smallest absolute Gasteiger partial charge is 0.325 e. The quantitative estimate of drug-likeness (QED) is 0.692. The second-order valence-corrected chi connectivity index (χ2v) is 3.29. The summed E-state index contributed by atoms with van der Waals surface area (Å²) in [5.74, 6) is -1.84. The molecular weight excluding hydrogens is 242 g/mol. The lowest BCUT2D eigenvalue weighted by Crippen LogP contribution is -2.40. The van der Waals surface area contributed by atoms with E-state index < -0.39 is 17.8 Å². The Balaban J connectivity index is 2.79. The van der Waals surface area contributed by atoms with Gasteiger partial charge in [-0.05, 0) is 12.1 Å². The van der Waals surface area contributed by atoms with Gasteiger partial charge in [-0.15, -0.1) is 0 Å². The average Bonchev–Trinajstić information content (AvgIpc) is 2.90. The zero-order valence-corrected chi connectivity index (χ0v) is 10.0. The first-order chi connectivity index (χ1) is 8.58. The molecule has 0 saturated carbocycles. The molecule has 0 radical (unpaired) electrons. The number of amides is 1. The summed E-state index contributed by atoms with van der Waals surface area (Å²) in [5.41, 5.74) is 0. The summed E-state index contributed by atoms with van der Waals surface area (Å²) in [4.78, 5) is 35.2. The van der Waals surface area contributed by atoms with Gasteiger partial charge >= 0.3 is 11.9 Å². The summed E-state index contributed by atoms with van der Waals surface area (Å²) in [7, 11) is 2.38. The van der Waals surface area contributed by atoms with E-state index in [2.05, 4.69) is 9.47 Å². The molecule has 0 bridgehead atoms. The molecule has 0 N–H and O–H groups in total. The SMILES string of the molecule is COC(=O)CN(CC(=O)OC)C(=O)c1ccco1. The Bertz CT molecular complexity index is 407. The highest BCUT2D eigenvalue weighted by Gasteiger charge is 2.23. The summed E-state index contributed by atoms with van der Waals surface area (Å²) >= 11 is 0. The van der Waals surface area contributed by atoms with E-state index >= 15 is 0 Å². The minimum atomic E-state index is -0.640. The third-order valence-electron chi connectivity index (χ3n) is 2.11. The van der Waals surface area contributed by atoms with E-state index in [1.807, 2.05) is 0 Å². The zero-order chi connectivity index (χ0) is 13.5. The van der Waals surface area contributed by atoms with Gasteiger partial charge in [0, 0.05) is 0 Å². The Hall–Kier alpha value is -2.31. The van der Waals surface area contributed by atoms with Crippen LogP contribution >= 0.6 is 0 Å². The van der Waals surface area contributed by atoms with Crippen molar-refractivity contribution in [2.24, 2.45) is 0 Å². The van der Waals surface area contributed by atoms with Crippen LogP contribution < -0.4 is 0 Å². The van der Waals surface area contributed by atoms with Gasteiger partial charge in [0.15, 0.2) is 5.76 Å². The van der Waals surface area contributed by atoms with E-state index in [-0.39, 0.29) is 18.8 Å². The second kappa shape index (κ2) is 6.43. The minimum Gasteiger partial charge on any atom is -0.468 e. The standard InChI is InChI=1S/C11H13NO6/c1-16-9(13)6-12(7-10(14)17-2)11(15)8-4-3-5-18-8/h3-5H,6-7H2,1-2H3. The highest BCUT2D eigenvalue weighted by atomic mass is 16.5. The van der Waals surface area contributed by atoms with Crippen LogP contribution in [0.4, 0.5) is 0 Å². The summed E-state index contributed by atoms with van der Waals surface area (Å²) in [6.45, 7) is -0.712. The van der Waals surface area contributed by atoms with Gasteiger partial charge < -0.3 is 18.8 Å². The molecule has 1 rings (SSSR count). The van der Waals surface area contributed by atoms with Crippen LogP contribution in [-0.4, -0.2) is 50.1 Å². The summed E-state index contributed by atoms with van der Waals surface area (Å²) in [6, 6.07) is 2.96. The Morgan fingerprint density at radius 2 is 1.72 bits per heavy atom. The van der Waals surface area contributed by atoms with E-state index in [9.17, 15) is 14.4 Å². The molecule has 7 nitrogen and oxygen atoms in total. The fraction of sp³-hybridized carbons (Fsp3) is 0.364. The van der Waals surface area contributed by atoms with Gasteiger partial charge in [-0.3, -0.25) is 14.4 Å². The summed E-state index contributed by atoms with van der Waals surface area (Å²) in [6.07, 6.45) is 1.32. The molecule has 0 fully saturated rings. The number of hydrogen-bond acceptors (Lipinski definition) is 6. The Morgan fingerprint density at radius 3 is 2.11 bits per heavy atom. The lowest BCUT2D eigenvalue weighted by atomic mass is 10.3. The molecule has 1 aromatic rings. The number of carbonyl (C=O) groups excluding carboxylic acids is 3. The Labute approximate surface area is 103 Å². The zero-order valence-electron chi connectivity index (χ0n) is 10.0. The van der Waals surface area contributed by atoms with Crippen LogP contribution in [0.15, 0.2) is 22.8 Å². The first kappa shape index (κ1) is 13.8. The van der Waals surface area contributed by atoms with Crippen molar-refractivity contribution in [3.63, 3.8) is 0 Å². The molecule has 0 atom stereocenters. The molecule has 1 aromatic heterocycles. The van der Waals surface area contributed by atoms with Crippen LogP contribution in [0.5, 0.6) is 0 Å². The fourth-order valence-electron chi connectivity index (χ4n) is 1.20. The van der Waals surface area contributed by atoms with Gasteiger partial charge in [0.05, 0.1) is 20.5 Å². The van der Waals surface area contributed by atoms with Crippen LogP contribution in [0.2, 0.25) is 0 Å². The van der Waals surface area contributed by atoms with Crippen molar-refractivity contribution < 1.29 is 28.3 Å². The molecule has 7 heteroatoms. The lowest BCUT2D eigenvalue weighted by Gasteiger charge is -2.18. The van der Waals surface area contributed by atoms with Crippen molar-refractivity contribution >= 4 is 17.8 Å². The molecule has 0 unspecified atom stereocenters. The van der Waals surface area contributed by atoms with Gasteiger partial charge in [-0.2, -0.15) is 0 Å². The van der Waals surface area contributed by atoms with Crippen molar-refractivity contribution in [3.05, 3.63) is 24.2 Å². The van der Waals surface area contributed by atoms with Gasteiger partial charge in [0.2, 0.25) is 0 Å². The number of esters is 2. The molecule has 0 aliphatic carbocycles. The normalized spacial score (nSPS) is 9.67. The first-order valence-corrected chi connectivity index (χ1v) is 5.05. The molecular formula is C11H13NO6. The molecule has 0 aliphatic rings. The van der Waals surface area contributed by atoms with Crippen LogP contribution in [-0.2, 0) is 19.1 Å². The first-order valence-electron chi connectivity index (χ1n) is 5.05. The van der Waals surface area contributed by atoms with Crippen molar-refractivity contribution in [1.29, 1.82) is 0 Å². The number of ether oxygens (including phenoxy) is 2. The van der Waals surface area contributed by atoms with Gasteiger partial charge in [-0.1, -0.05) is 0 Å². The molecule has 98 valence electrons. The number of nitrogens with zero attached hydrogens (tertiary/aromatic N) is 1. The maximum atomic E-state index is 11.9. The van der Waals surface area contributed by atoms with Crippen molar-refractivity contribution in [2.75, 3.05) is 27.3 Å². The predicted octanol–water partition coefficient (Wildman–Crippen LogP) is 0.0678. The van der Waals surface area contributed by atoms with Crippen molar-refractivity contribution in [3.8, 4) is 0 Å². The van der Waals surface area contributed by atoms with E-state index in [4.69, 9.17) is 4.42 Å². The fourth-order valence-corrected chi connectivity index (χ4v) is 1.20. The summed E-state index contributed by atoms with van der Waals surface area (Å²) < 4.78 is 13.8. The van der Waals surface area contributed by atoms with E-state index in [0.717, 1.165) is 4.90 Å². The van der Waals surface area contributed by atoms with Crippen LogP contribution in [0, 0.1) is 0 Å². The average molecular weight is 255 g/mol. The number of furan rings is 1. The largest absolute Gasteiger partial charge is 0.468 e. The predicted molar refractivity (Wildman–Crippen MR) is 58.6 cm³/mol. The second-order valence-electron chi connectivity index (χ2n) is 3.29. The van der Waals surface area contributed by atoms with Crippen LogP contribution in [0.25, 0.3) is 0 Å². The molecule has 0 spiro atoms. The molecule has 0 aliphatic heterocycles. The molecule has 18 heavy (non-hydrogen) atoms. The lowest BCUT2D eigenvalue weighted by molar-refractivity contribution is -0.144. The number of hydrogen-bond donors (Lipinski definition) is 0. The molecule has 0 saturated heterocycles. The number of methoxy groups -OCH3 is 2.